The predicted octanol–water partition coefficient (Wildman–Crippen LogP) is 2.99. The Morgan fingerprint density at radius 1 is 1.31 bits per heavy atom. The zero-order chi connectivity index (χ0) is 25.3. The van der Waals surface area contributed by atoms with Gasteiger partial charge in [-0.2, -0.15) is 0 Å². The van der Waals surface area contributed by atoms with Crippen LogP contribution in [-0.4, -0.2) is 59.9 Å². The summed E-state index contributed by atoms with van der Waals surface area (Å²) in [6.07, 6.45) is 12.9. The lowest BCUT2D eigenvalue weighted by Gasteiger charge is -2.32. The maximum absolute atomic E-state index is 13.8. The first-order valence-electron chi connectivity index (χ1n) is 12.9. The molecule has 3 aliphatic rings. The number of nitrogens with zero attached hydrogens (tertiary/aromatic N) is 1. The molecule has 190 valence electrons. The number of H-pyrrole nitrogens is 1. The van der Waals surface area contributed by atoms with Gasteiger partial charge in [0.25, 0.3) is 5.91 Å². The molecule has 1 aromatic carbocycles. The van der Waals surface area contributed by atoms with E-state index in [0.717, 1.165) is 36.6 Å². The molecular weight excluding hydrogens is 456 g/mol. The number of hydrogen-bond donors (Lipinski definition) is 3. The monoisotopic (exact) mass is 490 g/mol. The van der Waals surface area contributed by atoms with Crippen molar-refractivity contribution in [1.82, 2.24) is 20.5 Å². The largest absolute Gasteiger partial charge is 0.496 e. The highest BCUT2D eigenvalue weighted by molar-refractivity contribution is 6.02. The van der Waals surface area contributed by atoms with Crippen LogP contribution >= 0.6 is 0 Å². The Labute approximate surface area is 211 Å². The van der Waals surface area contributed by atoms with E-state index < -0.39 is 12.1 Å². The fraction of sp³-hybridized carbons (Fsp3) is 0.536. The molecule has 3 unspecified atom stereocenters. The zero-order valence-electron chi connectivity index (χ0n) is 20.8. The Morgan fingerprint density at radius 2 is 2.11 bits per heavy atom. The third-order valence-corrected chi connectivity index (χ3v) is 8.26. The van der Waals surface area contributed by atoms with E-state index in [9.17, 15) is 14.4 Å². The molecule has 3 amide bonds. The van der Waals surface area contributed by atoms with Crippen molar-refractivity contribution >= 4 is 28.6 Å². The molecule has 3 atom stereocenters. The number of methoxy groups -OCH3 is 1. The SMILES string of the molecule is C#CC(CC1CCNC1=O)NC(=O)C1CC2(CCCCC2)CN1C(=O)c1cc2c(OC)cccc2[nH]1. The maximum atomic E-state index is 13.8. The molecule has 3 heterocycles. The summed E-state index contributed by atoms with van der Waals surface area (Å²) in [7, 11) is 1.61. The van der Waals surface area contributed by atoms with Crippen LogP contribution in [0.2, 0.25) is 0 Å². The minimum absolute atomic E-state index is 0.0161. The first kappa shape index (κ1) is 24.2. The van der Waals surface area contributed by atoms with Crippen LogP contribution in [-0.2, 0) is 9.59 Å². The number of hydrogen-bond acceptors (Lipinski definition) is 4. The van der Waals surface area contributed by atoms with Crippen LogP contribution in [0.3, 0.4) is 0 Å². The van der Waals surface area contributed by atoms with Gasteiger partial charge in [0.15, 0.2) is 0 Å². The normalized spacial score (nSPS) is 23.9. The zero-order valence-corrected chi connectivity index (χ0v) is 20.8. The minimum atomic E-state index is -0.600. The van der Waals surface area contributed by atoms with Crippen molar-refractivity contribution in [3.05, 3.63) is 30.0 Å². The first-order valence-corrected chi connectivity index (χ1v) is 12.9. The third-order valence-electron chi connectivity index (χ3n) is 8.26. The second-order valence-corrected chi connectivity index (χ2v) is 10.6. The molecule has 5 rings (SSSR count). The Morgan fingerprint density at radius 3 is 2.81 bits per heavy atom. The van der Waals surface area contributed by atoms with E-state index >= 15 is 0 Å². The summed E-state index contributed by atoms with van der Waals surface area (Å²) in [4.78, 5) is 44.4. The number of rotatable bonds is 6. The molecule has 3 fully saturated rings. The average Bonchev–Trinajstić information content (AvgIpc) is 3.60. The average molecular weight is 491 g/mol. The van der Waals surface area contributed by atoms with Crippen molar-refractivity contribution in [3.63, 3.8) is 0 Å². The van der Waals surface area contributed by atoms with E-state index in [1.807, 2.05) is 18.2 Å². The number of likely N-dealkylation sites (tertiary alicyclic amines) is 1. The summed E-state index contributed by atoms with van der Waals surface area (Å²) in [6.45, 7) is 1.19. The highest BCUT2D eigenvalue weighted by Gasteiger charge is 2.49. The second-order valence-electron chi connectivity index (χ2n) is 10.6. The van der Waals surface area contributed by atoms with E-state index in [1.165, 1.54) is 6.42 Å². The standard InChI is InChI=1S/C28H34N4O4/c1-3-19(14-18-10-13-29-25(18)33)30-26(34)23-16-28(11-5-4-6-12-28)17-32(23)27(35)22-15-20-21(31-22)8-7-9-24(20)36-2/h1,7-9,15,18-19,23,31H,4-6,10-14,16-17H2,2H3,(H,29,33)(H,30,34). The summed E-state index contributed by atoms with van der Waals surface area (Å²) < 4.78 is 5.46. The van der Waals surface area contributed by atoms with Gasteiger partial charge >= 0.3 is 0 Å². The van der Waals surface area contributed by atoms with Gasteiger partial charge < -0.3 is 25.3 Å². The summed E-state index contributed by atoms with van der Waals surface area (Å²) in [5, 5.41) is 6.63. The minimum Gasteiger partial charge on any atom is -0.496 e. The Bertz CT molecular complexity index is 1210. The number of fused-ring (bicyclic) bond motifs is 1. The van der Waals surface area contributed by atoms with E-state index in [2.05, 4.69) is 21.5 Å². The van der Waals surface area contributed by atoms with E-state index in [1.54, 1.807) is 18.1 Å². The summed E-state index contributed by atoms with van der Waals surface area (Å²) in [6, 6.07) is 6.29. The Hall–Kier alpha value is -3.47. The molecule has 2 aromatic rings. The fourth-order valence-corrected chi connectivity index (χ4v) is 6.33. The smallest absolute Gasteiger partial charge is 0.271 e. The first-order chi connectivity index (χ1) is 17.4. The molecule has 2 aliphatic heterocycles. The molecule has 36 heavy (non-hydrogen) atoms. The molecule has 8 nitrogen and oxygen atoms in total. The molecule has 8 heteroatoms. The molecule has 1 aromatic heterocycles. The number of aromatic nitrogens is 1. The Balaban J connectivity index is 1.39. The van der Waals surface area contributed by atoms with Crippen LogP contribution in [0.1, 0.15) is 61.9 Å². The van der Waals surface area contributed by atoms with E-state index in [0.29, 0.717) is 43.8 Å². The summed E-state index contributed by atoms with van der Waals surface area (Å²) >= 11 is 0. The number of amides is 3. The van der Waals surface area contributed by atoms with Crippen molar-refractivity contribution in [1.29, 1.82) is 0 Å². The number of benzene rings is 1. The van der Waals surface area contributed by atoms with Gasteiger partial charge in [-0.1, -0.05) is 31.2 Å². The predicted molar refractivity (Wildman–Crippen MR) is 136 cm³/mol. The summed E-state index contributed by atoms with van der Waals surface area (Å²) in [5.74, 6) is 2.70. The van der Waals surface area contributed by atoms with Gasteiger partial charge in [-0.15, -0.1) is 6.42 Å². The number of terminal acetylenes is 1. The lowest BCUT2D eigenvalue weighted by atomic mass is 9.72. The molecule has 3 N–H and O–H groups in total. The van der Waals surface area contributed by atoms with Gasteiger partial charge in [0, 0.05) is 29.9 Å². The molecule has 0 bridgehead atoms. The lowest BCUT2D eigenvalue weighted by molar-refractivity contribution is -0.126. The van der Waals surface area contributed by atoms with Gasteiger partial charge in [0.1, 0.15) is 17.5 Å². The van der Waals surface area contributed by atoms with Crippen LogP contribution in [0.25, 0.3) is 10.9 Å². The van der Waals surface area contributed by atoms with Crippen LogP contribution < -0.4 is 15.4 Å². The highest BCUT2D eigenvalue weighted by Crippen LogP contribution is 2.47. The maximum Gasteiger partial charge on any atom is 0.271 e. The van der Waals surface area contributed by atoms with Gasteiger partial charge in [-0.3, -0.25) is 14.4 Å². The van der Waals surface area contributed by atoms with Crippen molar-refractivity contribution < 1.29 is 19.1 Å². The van der Waals surface area contributed by atoms with Gasteiger partial charge in [0.2, 0.25) is 11.8 Å². The van der Waals surface area contributed by atoms with Crippen molar-refractivity contribution in [2.45, 2.75) is 63.5 Å². The molecule has 0 radical (unpaired) electrons. The number of ether oxygens (including phenoxy) is 1. The summed E-state index contributed by atoms with van der Waals surface area (Å²) in [5.41, 5.74) is 1.21. The third kappa shape index (κ3) is 4.55. The highest BCUT2D eigenvalue weighted by atomic mass is 16.5. The lowest BCUT2D eigenvalue weighted by Crippen LogP contribution is -2.49. The molecule has 1 saturated carbocycles. The number of carbonyl (C=O) groups is 3. The fourth-order valence-electron chi connectivity index (χ4n) is 6.33. The molecule has 1 aliphatic carbocycles. The molecular formula is C28H34N4O4. The number of nitrogens with one attached hydrogen (secondary N) is 3. The van der Waals surface area contributed by atoms with Crippen molar-refractivity contribution in [2.75, 3.05) is 20.2 Å². The van der Waals surface area contributed by atoms with Crippen LogP contribution in [0.5, 0.6) is 5.75 Å². The van der Waals surface area contributed by atoms with E-state index in [4.69, 9.17) is 11.2 Å². The van der Waals surface area contributed by atoms with Crippen LogP contribution in [0, 0.1) is 23.7 Å². The van der Waals surface area contributed by atoms with Crippen molar-refractivity contribution in [3.8, 4) is 18.1 Å². The van der Waals surface area contributed by atoms with Crippen LogP contribution in [0.15, 0.2) is 24.3 Å². The van der Waals surface area contributed by atoms with Gasteiger partial charge in [-0.05, 0) is 55.7 Å². The molecule has 2 saturated heterocycles. The van der Waals surface area contributed by atoms with Crippen LogP contribution in [0.4, 0.5) is 0 Å². The van der Waals surface area contributed by atoms with E-state index in [-0.39, 0.29) is 29.1 Å². The van der Waals surface area contributed by atoms with Gasteiger partial charge in [-0.25, -0.2) is 0 Å². The topological polar surface area (TPSA) is 104 Å². The van der Waals surface area contributed by atoms with Crippen molar-refractivity contribution in [2.24, 2.45) is 11.3 Å². The van der Waals surface area contributed by atoms with Gasteiger partial charge in [0.05, 0.1) is 13.2 Å². The second kappa shape index (κ2) is 9.88. The number of carbonyl (C=O) groups excluding carboxylic acids is 3. The molecule has 1 spiro atoms. The quantitative estimate of drug-likeness (QED) is 0.542. The number of aromatic amines is 1. The Kier molecular flexibility index (Phi) is 6.65.